The van der Waals surface area contributed by atoms with Crippen LogP contribution in [-0.2, 0) is 4.79 Å². The fraction of sp³-hybridized carbons (Fsp3) is 0.556. The summed E-state index contributed by atoms with van der Waals surface area (Å²) in [4.78, 5) is 18.7. The van der Waals surface area contributed by atoms with Crippen LogP contribution in [-0.4, -0.2) is 41.9 Å². The molecule has 5 nitrogen and oxygen atoms in total. The van der Waals surface area contributed by atoms with Gasteiger partial charge in [-0.2, -0.15) is 0 Å². The average molecular weight is 334 g/mol. The molecule has 6 heteroatoms. The normalized spacial score (nSPS) is 18.8. The molecule has 1 aromatic carbocycles. The Bertz CT molecular complexity index is 622. The van der Waals surface area contributed by atoms with E-state index in [-0.39, 0.29) is 29.2 Å². The number of halogens is 1. The molecule has 24 heavy (non-hydrogen) atoms. The van der Waals surface area contributed by atoms with Crippen molar-refractivity contribution in [2.45, 2.75) is 40.2 Å². The summed E-state index contributed by atoms with van der Waals surface area (Å²) >= 11 is 0. The van der Waals surface area contributed by atoms with E-state index in [0.29, 0.717) is 5.69 Å². The van der Waals surface area contributed by atoms with Gasteiger partial charge in [0.05, 0.1) is 0 Å². The Morgan fingerprint density at radius 2 is 1.88 bits per heavy atom. The fourth-order valence-electron chi connectivity index (χ4n) is 2.68. The van der Waals surface area contributed by atoms with Gasteiger partial charge in [-0.15, -0.1) is 0 Å². The number of aliphatic imine (C=N–C) groups is 1. The number of carbonyl (C=O) groups is 1. The summed E-state index contributed by atoms with van der Waals surface area (Å²) in [7, 11) is 0. The first-order chi connectivity index (χ1) is 11.2. The summed E-state index contributed by atoms with van der Waals surface area (Å²) < 4.78 is 12.9. The van der Waals surface area contributed by atoms with Crippen LogP contribution < -0.4 is 10.6 Å². The number of anilines is 1. The van der Waals surface area contributed by atoms with E-state index in [1.807, 2.05) is 6.92 Å². The number of benzene rings is 1. The van der Waals surface area contributed by atoms with Crippen molar-refractivity contribution in [3.05, 3.63) is 30.1 Å². The molecule has 0 unspecified atom stereocenters. The highest BCUT2D eigenvalue weighted by atomic mass is 19.1. The second kappa shape index (κ2) is 6.79. The molecule has 1 heterocycles. The third kappa shape index (κ3) is 3.68. The minimum atomic E-state index is -0.330. The zero-order valence-electron chi connectivity index (χ0n) is 15.1. The smallest absolute Gasteiger partial charge is 0.246 e. The van der Waals surface area contributed by atoms with Gasteiger partial charge in [0.1, 0.15) is 12.4 Å². The van der Waals surface area contributed by atoms with E-state index in [9.17, 15) is 9.18 Å². The highest BCUT2D eigenvalue weighted by Crippen LogP contribution is 2.46. The largest absolute Gasteiger partial charge is 0.356 e. The van der Waals surface area contributed by atoms with Crippen molar-refractivity contribution in [1.29, 1.82) is 0 Å². The van der Waals surface area contributed by atoms with Gasteiger partial charge >= 0.3 is 0 Å². The van der Waals surface area contributed by atoms with Gasteiger partial charge < -0.3 is 15.5 Å². The maximum atomic E-state index is 12.9. The maximum Gasteiger partial charge on any atom is 0.246 e. The van der Waals surface area contributed by atoms with Gasteiger partial charge in [-0.25, -0.2) is 9.38 Å². The summed E-state index contributed by atoms with van der Waals surface area (Å²) in [6.45, 7) is 12.5. The van der Waals surface area contributed by atoms with Crippen molar-refractivity contribution in [2.24, 2.45) is 10.4 Å². The van der Waals surface area contributed by atoms with Crippen LogP contribution in [0.3, 0.4) is 0 Å². The summed E-state index contributed by atoms with van der Waals surface area (Å²) in [5.74, 6) is 0.189. The zero-order chi connectivity index (χ0) is 18.0. The Morgan fingerprint density at radius 1 is 1.25 bits per heavy atom. The Morgan fingerprint density at radius 3 is 2.38 bits per heavy atom. The van der Waals surface area contributed by atoms with Gasteiger partial charge in [0, 0.05) is 29.7 Å². The van der Waals surface area contributed by atoms with Gasteiger partial charge in [-0.05, 0) is 45.0 Å². The lowest BCUT2D eigenvalue weighted by Crippen LogP contribution is -2.72. The van der Waals surface area contributed by atoms with Crippen LogP contribution >= 0.6 is 0 Å². The monoisotopic (exact) mass is 334 g/mol. The van der Waals surface area contributed by atoms with Gasteiger partial charge in [0.25, 0.3) is 0 Å². The van der Waals surface area contributed by atoms with Crippen LogP contribution in [0.5, 0.6) is 0 Å². The highest BCUT2D eigenvalue weighted by molar-refractivity contribution is 5.94. The molecule has 0 radical (unpaired) electrons. The van der Waals surface area contributed by atoms with Crippen molar-refractivity contribution in [2.75, 3.05) is 25.0 Å². The lowest BCUT2D eigenvalue weighted by molar-refractivity contribution is -0.115. The Balaban J connectivity index is 2.01. The van der Waals surface area contributed by atoms with E-state index in [1.165, 1.54) is 24.3 Å². The molecule has 0 saturated carbocycles. The van der Waals surface area contributed by atoms with Gasteiger partial charge in [-0.1, -0.05) is 13.8 Å². The SMILES string of the molecule is CCNC(=NCC(=O)Nc1ccc(F)cc1)N1CC(C)(C)C1(C)C. The summed E-state index contributed by atoms with van der Waals surface area (Å²) in [6, 6.07) is 5.69. The number of rotatable bonds is 4. The van der Waals surface area contributed by atoms with Crippen LogP contribution in [0.2, 0.25) is 0 Å². The standard InChI is InChI=1S/C18H27FN4O/c1-6-20-16(23-12-17(2,3)18(23,4)5)21-11-15(24)22-14-9-7-13(19)8-10-14/h7-10H,6,11-12H2,1-5H3,(H,20,21)(H,22,24). The Hall–Kier alpha value is -2.11. The lowest BCUT2D eigenvalue weighted by Gasteiger charge is -2.62. The topological polar surface area (TPSA) is 56.7 Å². The number of hydrogen-bond acceptors (Lipinski definition) is 2. The predicted octanol–water partition coefficient (Wildman–Crippen LogP) is 2.85. The molecule has 1 fully saturated rings. The van der Waals surface area contributed by atoms with E-state index in [1.54, 1.807) is 0 Å². The summed E-state index contributed by atoms with van der Waals surface area (Å²) in [5, 5.41) is 5.97. The molecule has 1 saturated heterocycles. The fourth-order valence-corrected chi connectivity index (χ4v) is 2.68. The zero-order valence-corrected chi connectivity index (χ0v) is 15.1. The van der Waals surface area contributed by atoms with Crippen molar-refractivity contribution in [1.82, 2.24) is 10.2 Å². The maximum absolute atomic E-state index is 12.9. The number of guanidine groups is 1. The quantitative estimate of drug-likeness (QED) is 0.657. The van der Waals surface area contributed by atoms with Gasteiger partial charge in [-0.3, -0.25) is 4.79 Å². The summed E-state index contributed by atoms with van der Waals surface area (Å²) in [5.41, 5.74) is 0.730. The molecule has 1 aliphatic heterocycles. The van der Waals surface area contributed by atoms with Crippen molar-refractivity contribution in [3.8, 4) is 0 Å². The molecule has 0 atom stereocenters. The second-order valence-electron chi connectivity index (χ2n) is 7.25. The molecule has 0 aromatic heterocycles. The molecule has 132 valence electrons. The minimum absolute atomic E-state index is 0.0206. The number of amides is 1. The van der Waals surface area contributed by atoms with Crippen molar-refractivity contribution >= 4 is 17.6 Å². The van der Waals surface area contributed by atoms with Crippen molar-refractivity contribution in [3.63, 3.8) is 0 Å². The van der Waals surface area contributed by atoms with Gasteiger partial charge in [0.2, 0.25) is 5.91 Å². The molecule has 1 aliphatic rings. The third-order valence-electron chi connectivity index (χ3n) is 4.98. The number of hydrogen-bond donors (Lipinski definition) is 2. The van der Waals surface area contributed by atoms with Gasteiger partial charge in [0.15, 0.2) is 5.96 Å². The van der Waals surface area contributed by atoms with Crippen LogP contribution in [0.25, 0.3) is 0 Å². The Labute approximate surface area is 143 Å². The molecular weight excluding hydrogens is 307 g/mol. The molecular formula is C18H27FN4O. The van der Waals surface area contributed by atoms with Crippen LogP contribution in [0.15, 0.2) is 29.3 Å². The van der Waals surface area contributed by atoms with Crippen molar-refractivity contribution < 1.29 is 9.18 Å². The van der Waals surface area contributed by atoms with E-state index < -0.39 is 0 Å². The van der Waals surface area contributed by atoms with E-state index in [2.05, 4.69) is 48.2 Å². The first kappa shape index (κ1) is 18.2. The molecule has 2 rings (SSSR count). The average Bonchev–Trinajstić information content (AvgIpc) is 2.51. The molecule has 0 aliphatic carbocycles. The molecule has 0 spiro atoms. The predicted molar refractivity (Wildman–Crippen MR) is 95.6 cm³/mol. The minimum Gasteiger partial charge on any atom is -0.356 e. The number of carbonyl (C=O) groups excluding carboxylic acids is 1. The Kier molecular flexibility index (Phi) is 5.16. The van der Waals surface area contributed by atoms with Crippen LogP contribution in [0, 0.1) is 11.2 Å². The molecule has 1 amide bonds. The first-order valence-electron chi connectivity index (χ1n) is 8.29. The first-order valence-corrected chi connectivity index (χ1v) is 8.29. The third-order valence-corrected chi connectivity index (χ3v) is 4.98. The number of likely N-dealkylation sites (tertiary alicyclic amines) is 1. The molecule has 2 N–H and O–H groups in total. The number of nitrogens with zero attached hydrogens (tertiary/aromatic N) is 2. The molecule has 1 aromatic rings. The van der Waals surface area contributed by atoms with Crippen LogP contribution in [0.4, 0.5) is 10.1 Å². The van der Waals surface area contributed by atoms with E-state index >= 15 is 0 Å². The van der Waals surface area contributed by atoms with E-state index in [4.69, 9.17) is 0 Å². The van der Waals surface area contributed by atoms with E-state index in [0.717, 1.165) is 19.0 Å². The second-order valence-corrected chi connectivity index (χ2v) is 7.25. The highest BCUT2D eigenvalue weighted by Gasteiger charge is 2.53. The molecule has 0 bridgehead atoms. The summed E-state index contributed by atoms with van der Waals surface area (Å²) in [6.07, 6.45) is 0. The number of nitrogens with one attached hydrogen (secondary N) is 2. The lowest BCUT2D eigenvalue weighted by atomic mass is 9.65. The van der Waals surface area contributed by atoms with Crippen LogP contribution in [0.1, 0.15) is 34.6 Å².